The van der Waals surface area contributed by atoms with Crippen molar-refractivity contribution in [2.24, 2.45) is 0 Å². The van der Waals surface area contributed by atoms with Crippen molar-refractivity contribution in [3.63, 3.8) is 0 Å². The smallest absolute Gasteiger partial charge is 0.337 e. The van der Waals surface area contributed by atoms with E-state index < -0.39 is 11.8 Å². The van der Waals surface area contributed by atoms with Crippen molar-refractivity contribution in [3.8, 4) is 0 Å². The number of carbonyl (C=O) groups is 1. The van der Waals surface area contributed by atoms with Gasteiger partial charge in [0.1, 0.15) is 5.82 Å². The number of benzene rings is 1. The molecule has 1 unspecified atom stereocenters. The third-order valence-corrected chi connectivity index (χ3v) is 4.27. The number of hydrogen-bond acceptors (Lipinski definition) is 4. The minimum absolute atomic E-state index is 0.0826. The van der Waals surface area contributed by atoms with E-state index in [1.165, 1.54) is 10.9 Å². The van der Waals surface area contributed by atoms with Crippen molar-refractivity contribution in [2.45, 2.75) is 26.8 Å². The highest BCUT2D eigenvalue weighted by molar-refractivity contribution is 7.12. The van der Waals surface area contributed by atoms with Crippen LogP contribution in [0, 0.1) is 19.7 Å². The molecule has 0 saturated carbocycles. The van der Waals surface area contributed by atoms with E-state index in [2.05, 4.69) is 5.32 Å². The molecule has 1 aromatic carbocycles. The maximum absolute atomic E-state index is 13.9. The molecule has 4 N–H and O–H groups in total. The Morgan fingerprint density at radius 2 is 2.05 bits per heavy atom. The highest BCUT2D eigenvalue weighted by Gasteiger charge is 2.17. The number of anilines is 2. The van der Waals surface area contributed by atoms with Gasteiger partial charge >= 0.3 is 5.97 Å². The van der Waals surface area contributed by atoms with E-state index in [0.29, 0.717) is 0 Å². The highest BCUT2D eigenvalue weighted by atomic mass is 32.1. The van der Waals surface area contributed by atoms with E-state index in [-0.39, 0.29) is 23.0 Å². The van der Waals surface area contributed by atoms with Crippen LogP contribution in [0.4, 0.5) is 15.8 Å². The number of carboxylic acids is 1. The van der Waals surface area contributed by atoms with E-state index in [1.54, 1.807) is 11.3 Å². The van der Waals surface area contributed by atoms with Gasteiger partial charge in [-0.15, -0.1) is 11.3 Å². The fourth-order valence-electron chi connectivity index (χ4n) is 2.28. The molecule has 0 spiro atoms. The normalized spacial score (nSPS) is 12.2. The van der Waals surface area contributed by atoms with Crippen molar-refractivity contribution in [1.29, 1.82) is 0 Å². The second-order valence-corrected chi connectivity index (χ2v) is 6.42. The summed E-state index contributed by atoms with van der Waals surface area (Å²) in [6.07, 6.45) is 0. The number of hydrogen-bond donors (Lipinski definition) is 3. The van der Waals surface area contributed by atoms with Gasteiger partial charge in [-0.3, -0.25) is 0 Å². The van der Waals surface area contributed by atoms with Crippen LogP contribution in [0.25, 0.3) is 0 Å². The number of nitrogens with one attached hydrogen (secondary N) is 1. The lowest BCUT2D eigenvalue weighted by molar-refractivity contribution is 0.0698. The van der Waals surface area contributed by atoms with Crippen molar-refractivity contribution in [2.75, 3.05) is 11.1 Å². The van der Waals surface area contributed by atoms with Gasteiger partial charge in [0.15, 0.2) is 0 Å². The molecule has 112 valence electrons. The molecule has 0 fully saturated rings. The Morgan fingerprint density at radius 1 is 1.38 bits per heavy atom. The topological polar surface area (TPSA) is 75.3 Å². The molecule has 0 radical (unpaired) electrons. The van der Waals surface area contributed by atoms with Crippen LogP contribution in [0.5, 0.6) is 0 Å². The molecule has 0 aliphatic carbocycles. The molecule has 21 heavy (non-hydrogen) atoms. The van der Waals surface area contributed by atoms with Gasteiger partial charge in [-0.25, -0.2) is 9.18 Å². The molecule has 0 amide bonds. The number of thiophene rings is 1. The predicted molar refractivity (Wildman–Crippen MR) is 83.6 cm³/mol. The van der Waals surface area contributed by atoms with Crippen molar-refractivity contribution >= 4 is 28.7 Å². The average molecular weight is 308 g/mol. The number of halogens is 1. The van der Waals surface area contributed by atoms with E-state index in [0.717, 1.165) is 16.5 Å². The predicted octanol–water partition coefficient (Wildman–Crippen LogP) is 3.96. The largest absolute Gasteiger partial charge is 0.478 e. The van der Waals surface area contributed by atoms with Crippen LogP contribution in [0.1, 0.15) is 38.6 Å². The van der Waals surface area contributed by atoms with Crippen molar-refractivity contribution < 1.29 is 14.3 Å². The summed E-state index contributed by atoms with van der Waals surface area (Å²) in [6.45, 7) is 5.93. The summed E-state index contributed by atoms with van der Waals surface area (Å²) < 4.78 is 13.9. The SMILES string of the molecule is Cc1cc(C(C)Nc2cc(C(=O)O)c(N)cc2F)c(C)s1. The molecule has 0 aliphatic heterocycles. The van der Waals surface area contributed by atoms with Gasteiger partial charge in [-0.05, 0) is 44.5 Å². The lowest BCUT2D eigenvalue weighted by Crippen LogP contribution is -2.11. The van der Waals surface area contributed by atoms with Crippen LogP contribution in [-0.4, -0.2) is 11.1 Å². The minimum Gasteiger partial charge on any atom is -0.478 e. The number of aryl methyl sites for hydroxylation is 2. The van der Waals surface area contributed by atoms with Gasteiger partial charge in [0.25, 0.3) is 0 Å². The summed E-state index contributed by atoms with van der Waals surface area (Å²) in [4.78, 5) is 13.4. The number of carboxylic acid groups (broad SMARTS) is 1. The number of nitrogen functional groups attached to an aromatic ring is 1. The van der Waals surface area contributed by atoms with Gasteiger partial charge in [-0.1, -0.05) is 0 Å². The molecular weight excluding hydrogens is 291 g/mol. The first-order valence-corrected chi connectivity index (χ1v) is 7.27. The lowest BCUT2D eigenvalue weighted by Gasteiger charge is -2.17. The monoisotopic (exact) mass is 308 g/mol. The molecule has 0 bridgehead atoms. The summed E-state index contributed by atoms with van der Waals surface area (Å²) in [6, 6.07) is 4.18. The second kappa shape index (κ2) is 5.73. The highest BCUT2D eigenvalue weighted by Crippen LogP contribution is 2.30. The molecule has 2 rings (SSSR count). The van der Waals surface area contributed by atoms with Crippen LogP contribution in [0.2, 0.25) is 0 Å². The Morgan fingerprint density at radius 3 is 2.57 bits per heavy atom. The zero-order chi connectivity index (χ0) is 15.7. The summed E-state index contributed by atoms with van der Waals surface area (Å²) >= 11 is 1.67. The molecule has 0 aliphatic rings. The fourth-order valence-corrected chi connectivity index (χ4v) is 3.30. The van der Waals surface area contributed by atoms with Gasteiger partial charge in [-0.2, -0.15) is 0 Å². The first-order valence-electron chi connectivity index (χ1n) is 6.45. The molecular formula is C15H17FN2O2S. The summed E-state index contributed by atoms with van der Waals surface area (Å²) in [5.41, 5.74) is 6.53. The first-order chi connectivity index (χ1) is 9.79. The molecule has 0 saturated heterocycles. The molecule has 1 heterocycles. The van der Waals surface area contributed by atoms with Gasteiger partial charge in [0.05, 0.1) is 11.3 Å². The van der Waals surface area contributed by atoms with E-state index in [1.807, 2.05) is 26.8 Å². The van der Waals surface area contributed by atoms with Crippen LogP contribution in [0.15, 0.2) is 18.2 Å². The number of nitrogens with two attached hydrogens (primary N) is 1. The van der Waals surface area contributed by atoms with Gasteiger partial charge in [0.2, 0.25) is 0 Å². The summed E-state index contributed by atoms with van der Waals surface area (Å²) in [5, 5.41) is 12.1. The van der Waals surface area contributed by atoms with E-state index in [9.17, 15) is 9.18 Å². The van der Waals surface area contributed by atoms with E-state index >= 15 is 0 Å². The van der Waals surface area contributed by atoms with E-state index in [4.69, 9.17) is 10.8 Å². The second-order valence-electron chi connectivity index (χ2n) is 4.96. The van der Waals surface area contributed by atoms with Gasteiger partial charge < -0.3 is 16.2 Å². The Balaban J connectivity index is 2.33. The quantitative estimate of drug-likeness (QED) is 0.747. The van der Waals surface area contributed by atoms with Crippen LogP contribution >= 0.6 is 11.3 Å². The summed E-state index contributed by atoms with van der Waals surface area (Å²) in [5.74, 6) is -1.74. The van der Waals surface area contributed by atoms with Gasteiger partial charge in [0, 0.05) is 21.5 Å². The third kappa shape index (κ3) is 3.16. The Labute approximate surface area is 126 Å². The van der Waals surface area contributed by atoms with Crippen molar-refractivity contribution in [1.82, 2.24) is 0 Å². The zero-order valence-electron chi connectivity index (χ0n) is 12.0. The number of rotatable bonds is 4. The molecule has 1 atom stereocenters. The van der Waals surface area contributed by atoms with Crippen LogP contribution in [0.3, 0.4) is 0 Å². The zero-order valence-corrected chi connectivity index (χ0v) is 12.8. The van der Waals surface area contributed by atoms with Crippen LogP contribution < -0.4 is 11.1 Å². The third-order valence-electron chi connectivity index (χ3n) is 3.29. The molecule has 1 aromatic heterocycles. The lowest BCUT2D eigenvalue weighted by atomic mass is 10.1. The first kappa shape index (κ1) is 15.3. The minimum atomic E-state index is -1.18. The van der Waals surface area contributed by atoms with Crippen molar-refractivity contribution in [3.05, 3.63) is 44.9 Å². The fraction of sp³-hybridized carbons (Fsp3) is 0.267. The molecule has 2 aromatic rings. The maximum Gasteiger partial charge on any atom is 0.337 e. The Bertz CT molecular complexity index is 697. The number of aromatic carboxylic acids is 1. The Hall–Kier alpha value is -2.08. The molecule has 6 heteroatoms. The maximum atomic E-state index is 13.9. The Kier molecular flexibility index (Phi) is 4.18. The molecule has 4 nitrogen and oxygen atoms in total. The standard InChI is InChI=1S/C15H17FN2O2S/c1-7-4-10(9(3)21-7)8(2)18-14-5-11(15(19)20)13(17)6-12(14)16/h4-6,8,18H,17H2,1-3H3,(H,19,20). The average Bonchev–Trinajstić information content (AvgIpc) is 2.71. The summed E-state index contributed by atoms with van der Waals surface area (Å²) in [7, 11) is 0. The van der Waals surface area contributed by atoms with Crippen LogP contribution in [-0.2, 0) is 0 Å².